The summed E-state index contributed by atoms with van der Waals surface area (Å²) < 4.78 is 30.9. The van der Waals surface area contributed by atoms with Crippen LogP contribution in [0.3, 0.4) is 0 Å². The van der Waals surface area contributed by atoms with Crippen molar-refractivity contribution in [3.63, 3.8) is 0 Å². The van der Waals surface area contributed by atoms with Crippen LogP contribution in [0, 0.1) is 23.7 Å². The maximum atomic E-state index is 13.8. The number of fused-ring (bicyclic) bond motifs is 1. The lowest BCUT2D eigenvalue weighted by atomic mass is 9.74. The van der Waals surface area contributed by atoms with Gasteiger partial charge in [-0.1, -0.05) is 50.6 Å². The molecule has 13 atom stereocenters. The molecule has 2 aliphatic heterocycles. The van der Waals surface area contributed by atoms with Crippen molar-refractivity contribution < 1.29 is 48.6 Å². The molecule has 0 unspecified atom stereocenters. The lowest BCUT2D eigenvalue weighted by Crippen LogP contribution is -2.59. The normalized spacial score (nSPS) is 38.3. The van der Waals surface area contributed by atoms with Gasteiger partial charge in [0.25, 0.3) is 0 Å². The highest BCUT2D eigenvalue weighted by molar-refractivity contribution is 6.03. The molecule has 2 aromatic rings. The fourth-order valence-corrected chi connectivity index (χ4v) is 8.67. The summed E-state index contributed by atoms with van der Waals surface area (Å²) in [6, 6.07) is 8.76. The Kier molecular flexibility index (Phi) is 14.8. The molecule has 1 fully saturated rings. The molecule has 54 heavy (non-hydrogen) atoms. The number of allylic oxidation sites excluding steroid dienone is 1. The minimum Gasteiger partial charge on any atom is -0.462 e. The molecule has 0 saturated carbocycles. The van der Waals surface area contributed by atoms with E-state index in [-0.39, 0.29) is 31.1 Å². The first-order valence-corrected chi connectivity index (χ1v) is 19.4. The van der Waals surface area contributed by atoms with Crippen molar-refractivity contribution in [2.45, 2.75) is 135 Å². The Labute approximate surface area is 321 Å². The monoisotopic (exact) mass is 756 g/mol. The number of carbonyl (C=O) groups is 2. The largest absolute Gasteiger partial charge is 0.462 e. The van der Waals surface area contributed by atoms with E-state index in [4.69, 9.17) is 23.7 Å². The number of hydrogen-bond acceptors (Lipinski definition) is 12. The second-order valence-corrected chi connectivity index (χ2v) is 16.3. The van der Waals surface area contributed by atoms with Crippen molar-refractivity contribution in [2.75, 3.05) is 27.8 Å². The van der Waals surface area contributed by atoms with Gasteiger partial charge in [0.05, 0.1) is 47.5 Å². The van der Waals surface area contributed by atoms with Crippen molar-refractivity contribution in [3.05, 3.63) is 53.7 Å². The Balaban J connectivity index is 1.69. The Hall–Kier alpha value is -2.97. The van der Waals surface area contributed by atoms with Crippen LogP contribution in [-0.2, 0) is 28.5 Å². The minimum absolute atomic E-state index is 0.00530. The van der Waals surface area contributed by atoms with Crippen molar-refractivity contribution >= 4 is 22.8 Å². The molecule has 2 aliphatic rings. The van der Waals surface area contributed by atoms with Crippen molar-refractivity contribution in [1.82, 2.24) is 9.88 Å². The molecule has 1 aromatic carbocycles. The Bertz CT molecular complexity index is 1590. The highest BCUT2D eigenvalue weighted by atomic mass is 16.7. The van der Waals surface area contributed by atoms with E-state index in [1.54, 1.807) is 40.1 Å². The van der Waals surface area contributed by atoms with Crippen molar-refractivity contribution in [1.29, 1.82) is 0 Å². The van der Waals surface area contributed by atoms with Gasteiger partial charge in [-0.2, -0.15) is 0 Å². The molecule has 4 rings (SSSR count). The van der Waals surface area contributed by atoms with E-state index in [0.717, 1.165) is 5.57 Å². The average Bonchev–Trinajstić information content (AvgIpc) is 3.13. The van der Waals surface area contributed by atoms with E-state index < -0.39 is 71.6 Å². The molecule has 0 amide bonds. The van der Waals surface area contributed by atoms with Gasteiger partial charge in [0.2, 0.25) is 0 Å². The number of nitrogens with zero attached hydrogens (tertiary/aromatic N) is 2. The number of aliphatic hydroxyl groups excluding tert-OH is 2. The Morgan fingerprint density at radius 2 is 1.76 bits per heavy atom. The predicted octanol–water partition coefficient (Wildman–Crippen LogP) is 5.31. The third kappa shape index (κ3) is 9.69. The number of benzene rings is 1. The highest BCUT2D eigenvalue weighted by Crippen LogP contribution is 2.40. The van der Waals surface area contributed by atoms with Gasteiger partial charge in [-0.05, 0) is 92.4 Å². The summed E-state index contributed by atoms with van der Waals surface area (Å²) in [5.41, 5.74) is -0.690. The van der Waals surface area contributed by atoms with Crippen LogP contribution in [0.15, 0.2) is 48.2 Å². The molecule has 0 aliphatic carbocycles. The number of aliphatic hydroxyl groups is 3. The van der Waals surface area contributed by atoms with Crippen LogP contribution in [0.25, 0.3) is 10.9 Å². The third-order valence-electron chi connectivity index (χ3n) is 11.8. The van der Waals surface area contributed by atoms with E-state index in [0.29, 0.717) is 35.7 Å². The van der Waals surface area contributed by atoms with Crippen LogP contribution < -0.4 is 0 Å². The van der Waals surface area contributed by atoms with Gasteiger partial charge in [-0.15, -0.1) is 0 Å². The maximum Gasteiger partial charge on any atom is 0.338 e. The van der Waals surface area contributed by atoms with Crippen molar-refractivity contribution in [3.8, 4) is 0 Å². The number of methoxy groups -OCH3 is 1. The zero-order valence-corrected chi connectivity index (χ0v) is 34.0. The SMILES string of the molecule is CC[C@H]1OC(=O)[C@H](C)[C@H](O)[C@H](C)[C@@H](O[C@@H]2O[C@H](C)C[C@H](N(C)C)[C@H]2O)[C@](C)(OC)C[C@@H](C)/C=C(/C)[C@@H](CCOC(=O)c2ccnc3ccccc23)[C@]1(C)O. The first-order valence-electron chi connectivity index (χ1n) is 19.4. The van der Waals surface area contributed by atoms with Crippen LogP contribution in [0.1, 0.15) is 91.4 Å². The number of cyclic esters (lactones) is 1. The van der Waals surface area contributed by atoms with Crippen LogP contribution >= 0.6 is 0 Å². The topological polar surface area (TPSA) is 157 Å². The quantitative estimate of drug-likeness (QED) is 0.224. The Morgan fingerprint density at radius 3 is 2.41 bits per heavy atom. The third-order valence-corrected chi connectivity index (χ3v) is 11.8. The molecule has 1 aromatic heterocycles. The summed E-state index contributed by atoms with van der Waals surface area (Å²) >= 11 is 0. The first-order chi connectivity index (χ1) is 25.4. The van der Waals surface area contributed by atoms with Gasteiger partial charge in [-0.3, -0.25) is 9.78 Å². The highest BCUT2D eigenvalue weighted by Gasteiger charge is 2.50. The number of aromatic nitrogens is 1. The van der Waals surface area contributed by atoms with Gasteiger partial charge in [0.1, 0.15) is 17.8 Å². The van der Waals surface area contributed by atoms with Crippen LogP contribution in [-0.4, -0.2) is 119 Å². The van der Waals surface area contributed by atoms with Crippen LogP contribution in [0.2, 0.25) is 0 Å². The summed E-state index contributed by atoms with van der Waals surface area (Å²) in [4.78, 5) is 33.4. The summed E-state index contributed by atoms with van der Waals surface area (Å²) in [6.07, 6.45) is 0.0281. The molecule has 12 nitrogen and oxygen atoms in total. The molecule has 0 spiro atoms. The van der Waals surface area contributed by atoms with Gasteiger partial charge in [0.15, 0.2) is 6.29 Å². The van der Waals surface area contributed by atoms with Gasteiger partial charge < -0.3 is 43.9 Å². The van der Waals surface area contributed by atoms with E-state index >= 15 is 0 Å². The average molecular weight is 757 g/mol. The van der Waals surface area contributed by atoms with Crippen LogP contribution in [0.4, 0.5) is 0 Å². The zero-order valence-electron chi connectivity index (χ0n) is 34.0. The Morgan fingerprint density at radius 1 is 1.07 bits per heavy atom. The molecule has 3 N–H and O–H groups in total. The molecule has 0 radical (unpaired) electrons. The van der Waals surface area contributed by atoms with E-state index in [1.165, 1.54) is 0 Å². The molecular weight excluding hydrogens is 692 g/mol. The summed E-state index contributed by atoms with van der Waals surface area (Å²) in [5, 5.41) is 36.2. The number of rotatable bonds is 9. The number of para-hydroxylation sites is 1. The standard InChI is InChI=1S/C42H64N2O10/c1-12-34-42(8,49)31(18-20-51-39(48)30-17-19-43-32-16-14-13-15-29(30)32)25(3)21-24(2)23-41(7,50-11)37(27(5)35(45)28(6)38(47)53-34)54-40-36(46)33(44(9)10)22-26(4)52-40/h13-17,19,21,24,26-28,31,33-37,40,45-46,49H,12,18,20,22-23H2,1-11H3/b25-21-/t24-,26+,27-,28+,31+,33-,34+,35+,36+,37+,40-,41+,42-/m0/s1. The van der Waals surface area contributed by atoms with Crippen molar-refractivity contribution in [2.24, 2.45) is 23.7 Å². The lowest BCUT2D eigenvalue weighted by Gasteiger charge is -2.48. The number of pyridine rings is 1. The molecule has 1 saturated heterocycles. The van der Waals surface area contributed by atoms with Gasteiger partial charge in [0, 0.05) is 36.6 Å². The maximum absolute atomic E-state index is 13.8. The van der Waals surface area contributed by atoms with Crippen LogP contribution in [0.5, 0.6) is 0 Å². The first kappa shape index (κ1) is 43.8. The molecule has 12 heteroatoms. The molecular formula is C42H64N2O10. The van der Waals surface area contributed by atoms with Gasteiger partial charge >= 0.3 is 11.9 Å². The summed E-state index contributed by atoms with van der Waals surface area (Å²) in [7, 11) is 5.39. The molecule has 302 valence electrons. The van der Waals surface area contributed by atoms with E-state index in [1.807, 2.05) is 77.9 Å². The van der Waals surface area contributed by atoms with E-state index in [2.05, 4.69) is 11.1 Å². The molecule has 3 heterocycles. The second-order valence-electron chi connectivity index (χ2n) is 16.3. The van der Waals surface area contributed by atoms with Gasteiger partial charge in [-0.25, -0.2) is 4.79 Å². The predicted molar refractivity (Wildman–Crippen MR) is 206 cm³/mol. The summed E-state index contributed by atoms with van der Waals surface area (Å²) in [5.74, 6) is -3.57. The zero-order chi connectivity index (χ0) is 40.1. The van der Waals surface area contributed by atoms with E-state index in [9.17, 15) is 24.9 Å². The fraction of sp³-hybridized carbons (Fsp3) is 0.690. The fourth-order valence-electron chi connectivity index (χ4n) is 8.67. The number of likely N-dealkylation sites (N-methyl/N-ethyl adjacent to an activating group) is 1. The summed E-state index contributed by atoms with van der Waals surface area (Å²) in [6.45, 7) is 14.7. The number of esters is 2. The number of ether oxygens (including phenoxy) is 5. The lowest BCUT2D eigenvalue weighted by molar-refractivity contribution is -0.301. The second kappa shape index (κ2) is 18.3. The number of hydrogen-bond donors (Lipinski definition) is 3. The smallest absolute Gasteiger partial charge is 0.338 e. The molecule has 0 bridgehead atoms. The minimum atomic E-state index is -1.56. The number of carbonyl (C=O) groups excluding carboxylic acids is 2.